The molecule has 5 nitrogen and oxygen atoms in total. The third-order valence-corrected chi connectivity index (χ3v) is 2.55. The van der Waals surface area contributed by atoms with Gasteiger partial charge in [-0.15, -0.1) is 11.3 Å². The fourth-order valence-electron chi connectivity index (χ4n) is 0.716. The number of hydrogen-bond acceptors (Lipinski definition) is 5. The summed E-state index contributed by atoms with van der Waals surface area (Å²) >= 11 is 2.49. The van der Waals surface area contributed by atoms with Gasteiger partial charge in [0, 0.05) is 5.38 Å². The minimum atomic E-state index is -1.09. The zero-order chi connectivity index (χ0) is 10.6. The highest BCUT2D eigenvalue weighted by Crippen LogP contribution is 2.15. The Bertz CT molecular complexity index is 350. The van der Waals surface area contributed by atoms with Gasteiger partial charge in [0.05, 0.1) is 5.75 Å². The summed E-state index contributed by atoms with van der Waals surface area (Å²) in [6.45, 7) is 0. The van der Waals surface area contributed by atoms with E-state index in [4.69, 9.17) is 5.11 Å². The number of nitrogens with zero attached hydrogens (tertiary/aromatic N) is 1. The first-order chi connectivity index (χ1) is 6.63. The lowest BCUT2D eigenvalue weighted by Gasteiger charge is -1.97. The first-order valence-corrected chi connectivity index (χ1v) is 5.88. The van der Waals surface area contributed by atoms with E-state index in [1.807, 2.05) is 6.26 Å². The van der Waals surface area contributed by atoms with Gasteiger partial charge >= 0.3 is 5.97 Å². The van der Waals surface area contributed by atoms with Crippen LogP contribution in [-0.2, 0) is 4.79 Å². The molecule has 0 aliphatic rings. The van der Waals surface area contributed by atoms with Crippen molar-refractivity contribution < 1.29 is 14.7 Å². The third kappa shape index (κ3) is 3.00. The molecule has 7 heteroatoms. The molecule has 14 heavy (non-hydrogen) atoms. The molecule has 1 amide bonds. The van der Waals surface area contributed by atoms with E-state index in [-0.39, 0.29) is 11.6 Å². The second-order valence-corrected chi connectivity index (χ2v) is 4.05. The molecule has 76 valence electrons. The molecule has 0 aliphatic heterocycles. The summed E-state index contributed by atoms with van der Waals surface area (Å²) in [6.07, 6.45) is 1.81. The number of carboxylic acid groups (broad SMARTS) is 1. The molecule has 0 fully saturated rings. The zero-order valence-electron chi connectivity index (χ0n) is 7.31. The Kier molecular flexibility index (Phi) is 3.90. The zero-order valence-corrected chi connectivity index (χ0v) is 8.94. The Morgan fingerprint density at radius 2 is 2.43 bits per heavy atom. The molecule has 0 atom stereocenters. The van der Waals surface area contributed by atoms with Gasteiger partial charge in [0.2, 0.25) is 5.91 Å². The summed E-state index contributed by atoms with van der Waals surface area (Å²) in [7, 11) is 0. The second-order valence-electron chi connectivity index (χ2n) is 2.32. The summed E-state index contributed by atoms with van der Waals surface area (Å²) in [5.74, 6) is -0.933. The average Bonchev–Trinajstić information content (AvgIpc) is 2.53. The van der Waals surface area contributed by atoms with Crippen molar-refractivity contribution in [3.05, 3.63) is 11.1 Å². The Morgan fingerprint density at radius 1 is 1.71 bits per heavy atom. The molecular weight excluding hydrogens is 224 g/mol. The van der Waals surface area contributed by atoms with E-state index in [0.717, 1.165) is 11.3 Å². The van der Waals surface area contributed by atoms with Crippen LogP contribution in [0.2, 0.25) is 0 Å². The van der Waals surface area contributed by atoms with Gasteiger partial charge in [0.15, 0.2) is 10.8 Å². The van der Waals surface area contributed by atoms with Crippen LogP contribution in [0.1, 0.15) is 10.5 Å². The number of hydrogen-bond donors (Lipinski definition) is 2. The van der Waals surface area contributed by atoms with Gasteiger partial charge in [-0.2, -0.15) is 11.8 Å². The van der Waals surface area contributed by atoms with Crippen LogP contribution < -0.4 is 5.32 Å². The number of aromatic carboxylic acids is 1. The van der Waals surface area contributed by atoms with Crippen LogP contribution in [-0.4, -0.2) is 34.0 Å². The monoisotopic (exact) mass is 232 g/mol. The van der Waals surface area contributed by atoms with E-state index >= 15 is 0 Å². The van der Waals surface area contributed by atoms with Crippen molar-refractivity contribution in [1.29, 1.82) is 0 Å². The van der Waals surface area contributed by atoms with Crippen LogP contribution in [0.25, 0.3) is 0 Å². The maximum Gasteiger partial charge on any atom is 0.355 e. The lowest BCUT2D eigenvalue weighted by molar-refractivity contribution is -0.113. The second kappa shape index (κ2) is 4.97. The highest BCUT2D eigenvalue weighted by atomic mass is 32.2. The maximum absolute atomic E-state index is 11.1. The van der Waals surface area contributed by atoms with E-state index in [2.05, 4.69) is 10.3 Å². The predicted molar refractivity (Wildman–Crippen MR) is 56.1 cm³/mol. The van der Waals surface area contributed by atoms with Gasteiger partial charge < -0.3 is 10.4 Å². The molecule has 0 saturated carbocycles. The number of carbonyl (C=O) groups is 2. The van der Waals surface area contributed by atoms with Crippen molar-refractivity contribution in [2.75, 3.05) is 17.3 Å². The number of rotatable bonds is 4. The quantitative estimate of drug-likeness (QED) is 0.813. The lowest BCUT2D eigenvalue weighted by Crippen LogP contribution is -2.13. The largest absolute Gasteiger partial charge is 0.476 e. The Balaban J connectivity index is 2.59. The fraction of sp³-hybridized carbons (Fsp3) is 0.286. The van der Waals surface area contributed by atoms with Gasteiger partial charge in [-0.05, 0) is 6.26 Å². The summed E-state index contributed by atoms with van der Waals surface area (Å²) in [4.78, 5) is 25.2. The predicted octanol–water partition coefficient (Wildman–Crippen LogP) is 1.14. The summed E-state index contributed by atoms with van der Waals surface area (Å²) < 4.78 is 0. The van der Waals surface area contributed by atoms with E-state index in [1.165, 1.54) is 17.1 Å². The molecule has 0 radical (unpaired) electrons. The first kappa shape index (κ1) is 11.0. The minimum absolute atomic E-state index is 0.0468. The lowest BCUT2D eigenvalue weighted by atomic mass is 10.5. The number of amides is 1. The number of thioether (sulfide) groups is 1. The molecule has 0 aromatic carbocycles. The Morgan fingerprint density at radius 3 is 2.93 bits per heavy atom. The molecule has 1 rings (SSSR count). The first-order valence-electron chi connectivity index (χ1n) is 3.61. The van der Waals surface area contributed by atoms with Gasteiger partial charge in [-0.1, -0.05) is 0 Å². The molecule has 1 aromatic heterocycles. The normalized spacial score (nSPS) is 9.79. The number of anilines is 1. The van der Waals surface area contributed by atoms with Crippen LogP contribution in [0.5, 0.6) is 0 Å². The summed E-state index contributed by atoms with van der Waals surface area (Å²) in [6, 6.07) is 0. The standard InChI is InChI=1S/C7H8N2O3S2/c1-13-3-5(10)9-7-8-4(2-14-7)6(11)12/h2H,3H2,1H3,(H,11,12)(H,8,9,10). The number of carboxylic acids is 1. The van der Waals surface area contributed by atoms with Gasteiger partial charge in [-0.3, -0.25) is 4.79 Å². The van der Waals surface area contributed by atoms with Crippen molar-refractivity contribution in [3.63, 3.8) is 0 Å². The van der Waals surface area contributed by atoms with Gasteiger partial charge in [0.25, 0.3) is 0 Å². The number of thiazole rings is 1. The molecule has 1 heterocycles. The molecule has 0 spiro atoms. The molecule has 0 bridgehead atoms. The SMILES string of the molecule is CSCC(=O)Nc1nc(C(=O)O)cs1. The minimum Gasteiger partial charge on any atom is -0.476 e. The van der Waals surface area contributed by atoms with Crippen molar-refractivity contribution in [2.24, 2.45) is 0 Å². The van der Waals surface area contributed by atoms with Gasteiger partial charge in [-0.25, -0.2) is 9.78 Å². The van der Waals surface area contributed by atoms with Crippen LogP contribution in [0.4, 0.5) is 5.13 Å². The smallest absolute Gasteiger partial charge is 0.355 e. The third-order valence-electron chi connectivity index (χ3n) is 1.25. The Labute approximate surface area is 88.5 Å². The average molecular weight is 232 g/mol. The van der Waals surface area contributed by atoms with Crippen LogP contribution in [0.15, 0.2) is 5.38 Å². The van der Waals surface area contributed by atoms with Crippen LogP contribution in [0, 0.1) is 0 Å². The molecule has 0 saturated heterocycles. The fourth-order valence-corrected chi connectivity index (χ4v) is 1.75. The summed E-state index contributed by atoms with van der Waals surface area (Å²) in [5, 5.41) is 12.8. The van der Waals surface area contributed by atoms with E-state index in [1.54, 1.807) is 0 Å². The molecule has 0 aliphatic carbocycles. The van der Waals surface area contributed by atoms with Crippen molar-refractivity contribution in [2.45, 2.75) is 0 Å². The highest BCUT2D eigenvalue weighted by molar-refractivity contribution is 7.99. The van der Waals surface area contributed by atoms with Gasteiger partial charge in [0.1, 0.15) is 0 Å². The Hall–Kier alpha value is -1.08. The number of nitrogens with one attached hydrogen (secondary N) is 1. The van der Waals surface area contributed by atoms with Crippen LogP contribution in [0.3, 0.4) is 0 Å². The van der Waals surface area contributed by atoms with Crippen molar-refractivity contribution in [3.8, 4) is 0 Å². The van der Waals surface area contributed by atoms with Crippen molar-refractivity contribution in [1.82, 2.24) is 4.98 Å². The van der Waals surface area contributed by atoms with Crippen molar-refractivity contribution >= 4 is 40.1 Å². The van der Waals surface area contributed by atoms with E-state index in [9.17, 15) is 9.59 Å². The van der Waals surface area contributed by atoms with Crippen LogP contribution >= 0.6 is 23.1 Å². The molecule has 1 aromatic rings. The topological polar surface area (TPSA) is 79.3 Å². The molecular formula is C7H8N2O3S2. The molecule has 2 N–H and O–H groups in total. The maximum atomic E-state index is 11.1. The molecule has 0 unspecified atom stereocenters. The summed E-state index contributed by atoms with van der Waals surface area (Å²) in [5.41, 5.74) is -0.0468. The number of aromatic nitrogens is 1. The van der Waals surface area contributed by atoms with E-state index < -0.39 is 5.97 Å². The highest BCUT2D eigenvalue weighted by Gasteiger charge is 2.10. The number of carbonyl (C=O) groups excluding carboxylic acids is 1. The van der Waals surface area contributed by atoms with E-state index in [0.29, 0.717) is 10.9 Å².